The zero-order chi connectivity index (χ0) is 24.2. The van der Waals surface area contributed by atoms with E-state index >= 15 is 0 Å². The molecule has 10 heteroatoms. The second-order valence-electron chi connectivity index (χ2n) is 8.13. The monoisotopic (exact) mass is 498 g/mol. The number of nitrogens with zero attached hydrogens (tertiary/aromatic N) is 2. The summed E-state index contributed by atoms with van der Waals surface area (Å²) in [6.45, 7) is 2.85. The van der Waals surface area contributed by atoms with Gasteiger partial charge >= 0.3 is 5.97 Å². The number of amides is 2. The van der Waals surface area contributed by atoms with Gasteiger partial charge in [0.2, 0.25) is 0 Å². The van der Waals surface area contributed by atoms with Gasteiger partial charge < -0.3 is 20.6 Å². The number of aryl methyl sites for hydroxylation is 1. The van der Waals surface area contributed by atoms with Gasteiger partial charge in [0, 0.05) is 30.8 Å². The van der Waals surface area contributed by atoms with E-state index in [0.29, 0.717) is 51.5 Å². The highest BCUT2D eigenvalue weighted by Crippen LogP contribution is 2.28. The Bertz CT molecular complexity index is 1220. The number of likely N-dealkylation sites (tertiary alicyclic amines) is 1. The molecular weight excluding hydrogens is 476 g/mol. The molecule has 0 aliphatic carbocycles. The number of anilines is 3. The highest BCUT2D eigenvalue weighted by molar-refractivity contribution is 7.17. The molecule has 2 heterocycles. The molecular formula is C24H23ClN4O4S. The number of thiazole rings is 1. The highest BCUT2D eigenvalue weighted by Gasteiger charge is 2.28. The lowest BCUT2D eigenvalue weighted by Gasteiger charge is -2.17. The van der Waals surface area contributed by atoms with Gasteiger partial charge in [-0.1, -0.05) is 41.1 Å². The third-order valence-corrected chi connectivity index (χ3v) is 6.81. The molecule has 3 N–H and O–H groups in total. The second kappa shape index (κ2) is 10.2. The molecule has 1 aromatic heterocycles. The Morgan fingerprint density at radius 3 is 2.79 bits per heavy atom. The maximum absolute atomic E-state index is 12.9. The highest BCUT2D eigenvalue weighted by atomic mass is 35.5. The van der Waals surface area contributed by atoms with E-state index in [-0.39, 0.29) is 24.2 Å². The van der Waals surface area contributed by atoms with Crippen molar-refractivity contribution >= 4 is 57.2 Å². The smallest absolute Gasteiger partial charge is 0.303 e. The van der Waals surface area contributed by atoms with Crippen molar-refractivity contribution in [3.05, 3.63) is 69.7 Å². The molecule has 3 aromatic rings. The number of hydrogen-bond acceptors (Lipinski definition) is 6. The molecule has 1 aliphatic rings. The van der Waals surface area contributed by atoms with Crippen molar-refractivity contribution in [3.63, 3.8) is 0 Å². The first kappa shape index (κ1) is 23.7. The molecule has 0 saturated carbocycles. The Morgan fingerprint density at radius 1 is 1.24 bits per heavy atom. The Kier molecular flexibility index (Phi) is 7.14. The van der Waals surface area contributed by atoms with Gasteiger partial charge in [-0.2, -0.15) is 0 Å². The number of carbonyl (C=O) groups excluding carboxylic acids is 2. The first-order valence-corrected chi connectivity index (χ1v) is 11.9. The van der Waals surface area contributed by atoms with E-state index in [1.54, 1.807) is 29.2 Å². The largest absolute Gasteiger partial charge is 0.481 e. The summed E-state index contributed by atoms with van der Waals surface area (Å²) in [6, 6.07) is 12.4. The van der Waals surface area contributed by atoms with E-state index in [0.717, 1.165) is 5.56 Å². The van der Waals surface area contributed by atoms with Gasteiger partial charge in [-0.15, -0.1) is 0 Å². The molecule has 0 spiro atoms. The SMILES string of the molecule is Cc1cccc(Cl)c1NC(=O)c1cnc(Nc2cccc(C(=O)N3CC[C@@H](CC(=O)O)C3)c2)s1. The fourth-order valence-electron chi connectivity index (χ4n) is 3.87. The van der Waals surface area contributed by atoms with Crippen molar-refractivity contribution in [2.75, 3.05) is 23.7 Å². The fraction of sp³-hybridized carbons (Fsp3) is 0.250. The summed E-state index contributed by atoms with van der Waals surface area (Å²) in [4.78, 5) is 42.8. The molecule has 0 unspecified atom stereocenters. The quantitative estimate of drug-likeness (QED) is 0.421. The van der Waals surface area contributed by atoms with Crippen LogP contribution in [0.3, 0.4) is 0 Å². The van der Waals surface area contributed by atoms with Crippen molar-refractivity contribution in [1.29, 1.82) is 0 Å². The molecule has 4 rings (SSSR count). The summed E-state index contributed by atoms with van der Waals surface area (Å²) in [6.07, 6.45) is 2.24. The average Bonchev–Trinajstić information content (AvgIpc) is 3.45. The number of rotatable bonds is 7. The summed E-state index contributed by atoms with van der Waals surface area (Å²) < 4.78 is 0. The maximum Gasteiger partial charge on any atom is 0.303 e. The zero-order valence-corrected chi connectivity index (χ0v) is 19.9. The number of hydrogen-bond donors (Lipinski definition) is 3. The topological polar surface area (TPSA) is 112 Å². The van der Waals surface area contributed by atoms with Crippen molar-refractivity contribution in [1.82, 2.24) is 9.88 Å². The van der Waals surface area contributed by atoms with E-state index in [9.17, 15) is 14.4 Å². The van der Waals surface area contributed by atoms with Crippen molar-refractivity contribution in [2.45, 2.75) is 19.8 Å². The average molecular weight is 499 g/mol. The molecule has 8 nitrogen and oxygen atoms in total. The van der Waals surface area contributed by atoms with E-state index < -0.39 is 5.97 Å². The van der Waals surface area contributed by atoms with Crippen LogP contribution in [0.4, 0.5) is 16.5 Å². The lowest BCUT2D eigenvalue weighted by molar-refractivity contribution is -0.138. The lowest BCUT2D eigenvalue weighted by atomic mass is 10.1. The van der Waals surface area contributed by atoms with Crippen molar-refractivity contribution in [3.8, 4) is 0 Å². The Labute approximate surface area is 205 Å². The molecule has 0 radical (unpaired) electrons. The van der Waals surface area contributed by atoms with Crippen LogP contribution in [-0.4, -0.2) is 45.9 Å². The Balaban J connectivity index is 1.41. The minimum absolute atomic E-state index is 0.0165. The van der Waals surface area contributed by atoms with Gasteiger partial charge in [-0.05, 0) is 49.1 Å². The number of nitrogens with one attached hydrogen (secondary N) is 2. The molecule has 1 aliphatic heterocycles. The first-order chi connectivity index (χ1) is 16.3. The van der Waals surface area contributed by atoms with Crippen LogP contribution in [0.5, 0.6) is 0 Å². The number of halogens is 1. The number of aliphatic carboxylic acids is 1. The van der Waals surface area contributed by atoms with Crippen LogP contribution in [0.1, 0.15) is 38.4 Å². The molecule has 34 heavy (non-hydrogen) atoms. The summed E-state index contributed by atoms with van der Waals surface area (Å²) in [5.74, 6) is -1.30. The van der Waals surface area contributed by atoms with Crippen LogP contribution in [0, 0.1) is 12.8 Å². The van der Waals surface area contributed by atoms with Crippen LogP contribution >= 0.6 is 22.9 Å². The number of aromatic nitrogens is 1. The number of carboxylic acid groups (broad SMARTS) is 1. The fourth-order valence-corrected chi connectivity index (χ4v) is 4.87. The van der Waals surface area contributed by atoms with Crippen molar-refractivity contribution < 1.29 is 19.5 Å². The second-order valence-corrected chi connectivity index (χ2v) is 9.56. The number of carboxylic acids is 1. The van der Waals surface area contributed by atoms with E-state index in [2.05, 4.69) is 15.6 Å². The van der Waals surface area contributed by atoms with Crippen LogP contribution < -0.4 is 10.6 Å². The molecule has 1 fully saturated rings. The van der Waals surface area contributed by atoms with Gasteiger partial charge in [0.05, 0.1) is 16.9 Å². The van der Waals surface area contributed by atoms with E-state index in [1.807, 2.05) is 25.1 Å². The first-order valence-electron chi connectivity index (χ1n) is 10.7. The van der Waals surface area contributed by atoms with Gasteiger partial charge in [0.15, 0.2) is 5.13 Å². The summed E-state index contributed by atoms with van der Waals surface area (Å²) in [7, 11) is 0. The van der Waals surface area contributed by atoms with Crippen LogP contribution in [0.25, 0.3) is 0 Å². The standard InChI is InChI=1S/C24H23ClN4O4S/c1-14-4-2-7-18(25)21(14)28-22(32)19-12-26-24(34-19)27-17-6-3-5-16(11-17)23(33)29-9-8-15(13-29)10-20(30)31/h2-7,11-12,15H,8-10,13H2,1H3,(H,26,27)(H,28,32)(H,30,31)/t15-/m0/s1. The van der Waals surface area contributed by atoms with Crippen LogP contribution in [0.15, 0.2) is 48.7 Å². The number of para-hydroxylation sites is 1. The normalized spacial score (nSPS) is 15.2. The molecule has 1 atom stereocenters. The number of benzene rings is 2. The van der Waals surface area contributed by atoms with Gasteiger partial charge in [0.1, 0.15) is 4.88 Å². The zero-order valence-electron chi connectivity index (χ0n) is 18.4. The predicted octanol–water partition coefficient (Wildman–Crippen LogP) is 5.04. The third-order valence-electron chi connectivity index (χ3n) is 5.59. The predicted molar refractivity (Wildman–Crippen MR) is 132 cm³/mol. The number of carbonyl (C=O) groups is 3. The molecule has 2 amide bonds. The molecule has 176 valence electrons. The summed E-state index contributed by atoms with van der Waals surface area (Å²) in [5, 5.41) is 15.9. The van der Waals surface area contributed by atoms with Crippen LogP contribution in [-0.2, 0) is 4.79 Å². The molecule has 2 aromatic carbocycles. The molecule has 1 saturated heterocycles. The van der Waals surface area contributed by atoms with Crippen molar-refractivity contribution in [2.24, 2.45) is 5.92 Å². The third kappa shape index (κ3) is 5.55. The Hall–Kier alpha value is -3.43. The van der Waals surface area contributed by atoms with Gasteiger partial charge in [-0.3, -0.25) is 14.4 Å². The van der Waals surface area contributed by atoms with E-state index in [1.165, 1.54) is 17.5 Å². The minimum Gasteiger partial charge on any atom is -0.481 e. The maximum atomic E-state index is 12.9. The van der Waals surface area contributed by atoms with Gasteiger partial charge in [-0.25, -0.2) is 4.98 Å². The summed E-state index contributed by atoms with van der Waals surface area (Å²) >= 11 is 7.38. The minimum atomic E-state index is -0.844. The summed E-state index contributed by atoms with van der Waals surface area (Å²) in [5.41, 5.74) is 2.59. The van der Waals surface area contributed by atoms with E-state index in [4.69, 9.17) is 16.7 Å². The van der Waals surface area contributed by atoms with Crippen LogP contribution in [0.2, 0.25) is 5.02 Å². The Morgan fingerprint density at radius 2 is 2.03 bits per heavy atom. The van der Waals surface area contributed by atoms with Gasteiger partial charge in [0.25, 0.3) is 11.8 Å². The lowest BCUT2D eigenvalue weighted by Crippen LogP contribution is -2.29. The molecule has 0 bridgehead atoms.